The van der Waals surface area contributed by atoms with E-state index >= 15 is 0 Å². The van der Waals surface area contributed by atoms with Crippen LogP contribution < -0.4 is 4.72 Å². The second kappa shape index (κ2) is 8.80. The van der Waals surface area contributed by atoms with Crippen molar-refractivity contribution >= 4 is 21.5 Å². The lowest BCUT2D eigenvalue weighted by atomic mass is 9.84. The molecular formula is C24H24N4O5S. The molecule has 10 heteroatoms. The molecule has 2 heterocycles. The number of sulfonamides is 1. The fraction of sp³-hybridized carbons (Fsp3) is 0.250. The number of morpholine rings is 1. The highest BCUT2D eigenvalue weighted by Crippen LogP contribution is 2.39. The van der Waals surface area contributed by atoms with E-state index in [1.807, 2.05) is 0 Å². The third kappa shape index (κ3) is 3.94. The van der Waals surface area contributed by atoms with E-state index < -0.39 is 10.0 Å². The summed E-state index contributed by atoms with van der Waals surface area (Å²) < 4.78 is 33.3. The number of aromatic nitrogens is 1. The van der Waals surface area contributed by atoms with Gasteiger partial charge in [-0.1, -0.05) is 36.4 Å². The number of aromatic amines is 1. The van der Waals surface area contributed by atoms with Crippen LogP contribution in [-0.4, -0.2) is 74.3 Å². The van der Waals surface area contributed by atoms with Crippen molar-refractivity contribution < 1.29 is 23.1 Å². The Bertz CT molecular complexity index is 1370. The predicted octanol–water partition coefficient (Wildman–Crippen LogP) is 1.96. The quantitative estimate of drug-likeness (QED) is 0.333. The summed E-state index contributed by atoms with van der Waals surface area (Å²) in [7, 11) is -3.70. The van der Waals surface area contributed by atoms with E-state index in [1.54, 1.807) is 36.4 Å². The Morgan fingerprint density at radius 1 is 1.03 bits per heavy atom. The van der Waals surface area contributed by atoms with Crippen LogP contribution in [0.5, 0.6) is 5.88 Å². The van der Waals surface area contributed by atoms with Crippen LogP contribution in [0.25, 0.3) is 11.3 Å². The van der Waals surface area contributed by atoms with E-state index in [0.717, 1.165) is 13.1 Å². The lowest BCUT2D eigenvalue weighted by Gasteiger charge is -2.26. The molecular weight excluding hydrogens is 456 g/mol. The molecule has 0 saturated carbocycles. The van der Waals surface area contributed by atoms with Gasteiger partial charge in [0.05, 0.1) is 40.6 Å². The molecule has 1 aliphatic carbocycles. The van der Waals surface area contributed by atoms with Gasteiger partial charge >= 0.3 is 0 Å². The number of hydrogen-bond acceptors (Lipinski definition) is 7. The number of nitrogens with zero attached hydrogens (tertiary/aromatic N) is 1. The van der Waals surface area contributed by atoms with Crippen LogP contribution in [0, 0.1) is 5.41 Å². The molecule has 5 rings (SSSR count). The molecule has 4 N–H and O–H groups in total. The monoisotopic (exact) mass is 480 g/mol. The molecule has 1 saturated heterocycles. The number of carbonyl (C=O) groups is 1. The van der Waals surface area contributed by atoms with E-state index in [-0.39, 0.29) is 39.9 Å². The molecule has 9 nitrogen and oxygen atoms in total. The standard InChI is InChI=1S/C24H24N4O5S/c25-21-17-3-1-2-4-18(17)23(29)20-19(21)24(30)27-22(20)15-5-7-16(8-6-15)34(31,32)26-9-10-28-11-13-33-14-12-28/h1-8,25-27,30H,9-14H2. The van der Waals surface area contributed by atoms with E-state index in [4.69, 9.17) is 10.1 Å². The van der Waals surface area contributed by atoms with Gasteiger partial charge in [0.2, 0.25) is 10.0 Å². The van der Waals surface area contributed by atoms with Gasteiger partial charge in [-0.2, -0.15) is 0 Å². The molecule has 0 bridgehead atoms. The van der Waals surface area contributed by atoms with Gasteiger partial charge in [0.1, 0.15) is 0 Å². The number of rotatable bonds is 6. The molecule has 0 atom stereocenters. The number of H-pyrrole nitrogens is 1. The second-order valence-corrected chi connectivity index (χ2v) is 9.99. The molecule has 1 fully saturated rings. The average Bonchev–Trinajstić information content (AvgIpc) is 3.21. The van der Waals surface area contributed by atoms with Crippen molar-refractivity contribution in [3.05, 3.63) is 70.8 Å². The Hall–Kier alpha value is -3.31. The number of hydrogen-bond donors (Lipinski definition) is 4. The summed E-state index contributed by atoms with van der Waals surface area (Å²) in [5, 5.41) is 19.0. The first-order valence-electron chi connectivity index (χ1n) is 10.9. The minimum Gasteiger partial charge on any atom is -0.494 e. The number of nitrogens with one attached hydrogen (secondary N) is 3. The summed E-state index contributed by atoms with van der Waals surface area (Å²) in [6.07, 6.45) is 0. The molecule has 34 heavy (non-hydrogen) atoms. The highest BCUT2D eigenvalue weighted by Gasteiger charge is 2.34. The molecule has 2 aromatic carbocycles. The van der Waals surface area contributed by atoms with Crippen molar-refractivity contribution in [3.8, 4) is 17.1 Å². The number of benzene rings is 2. The van der Waals surface area contributed by atoms with Crippen LogP contribution in [0.4, 0.5) is 0 Å². The molecule has 2 aliphatic rings. The smallest absolute Gasteiger partial charge is 0.240 e. The maximum absolute atomic E-state index is 13.2. The van der Waals surface area contributed by atoms with Crippen molar-refractivity contribution in [2.75, 3.05) is 39.4 Å². The molecule has 1 aromatic heterocycles. The van der Waals surface area contributed by atoms with Gasteiger partial charge in [-0.25, -0.2) is 13.1 Å². The maximum atomic E-state index is 13.2. The van der Waals surface area contributed by atoms with E-state index in [1.165, 1.54) is 12.1 Å². The molecule has 176 valence electrons. The molecule has 0 amide bonds. The minimum absolute atomic E-state index is 0.0638. The summed E-state index contributed by atoms with van der Waals surface area (Å²) in [5.74, 6) is -0.561. The zero-order valence-corrected chi connectivity index (χ0v) is 19.1. The van der Waals surface area contributed by atoms with Gasteiger partial charge in [0.15, 0.2) is 11.7 Å². The summed E-state index contributed by atoms with van der Waals surface area (Å²) in [5.41, 5.74) is 2.16. The summed E-state index contributed by atoms with van der Waals surface area (Å²) in [4.78, 5) is 18.2. The van der Waals surface area contributed by atoms with Crippen LogP contribution in [0.1, 0.15) is 27.0 Å². The Morgan fingerprint density at radius 3 is 2.41 bits per heavy atom. The minimum atomic E-state index is -3.70. The van der Waals surface area contributed by atoms with Crippen LogP contribution in [0.3, 0.4) is 0 Å². The molecule has 1 aliphatic heterocycles. The first-order valence-corrected chi connectivity index (χ1v) is 12.4. The van der Waals surface area contributed by atoms with E-state index in [0.29, 0.717) is 42.1 Å². The summed E-state index contributed by atoms with van der Waals surface area (Å²) in [6.45, 7) is 3.76. The van der Waals surface area contributed by atoms with Crippen LogP contribution in [0.15, 0.2) is 53.4 Å². The van der Waals surface area contributed by atoms with Gasteiger partial charge in [0, 0.05) is 37.3 Å². The second-order valence-electron chi connectivity index (χ2n) is 8.22. The first kappa shape index (κ1) is 22.5. The van der Waals surface area contributed by atoms with Gasteiger partial charge in [0.25, 0.3) is 0 Å². The van der Waals surface area contributed by atoms with Gasteiger partial charge in [-0.3, -0.25) is 15.1 Å². The third-order valence-electron chi connectivity index (χ3n) is 6.18. The largest absolute Gasteiger partial charge is 0.494 e. The molecule has 3 aromatic rings. The van der Waals surface area contributed by atoms with Gasteiger partial charge in [-0.05, 0) is 17.7 Å². The van der Waals surface area contributed by atoms with Crippen molar-refractivity contribution in [2.24, 2.45) is 0 Å². The fourth-order valence-corrected chi connectivity index (χ4v) is 5.41. The molecule has 0 radical (unpaired) electrons. The van der Waals surface area contributed by atoms with Gasteiger partial charge < -0.3 is 14.8 Å². The number of aromatic hydroxyl groups is 1. The molecule has 0 spiro atoms. The van der Waals surface area contributed by atoms with Crippen molar-refractivity contribution in [2.45, 2.75) is 4.90 Å². The lowest BCUT2D eigenvalue weighted by Crippen LogP contribution is -2.41. The number of ketones is 1. The summed E-state index contributed by atoms with van der Waals surface area (Å²) >= 11 is 0. The topological polar surface area (TPSA) is 136 Å². The van der Waals surface area contributed by atoms with Crippen LogP contribution in [-0.2, 0) is 14.8 Å². The highest BCUT2D eigenvalue weighted by molar-refractivity contribution is 7.89. The Kier molecular flexibility index (Phi) is 5.82. The zero-order chi connectivity index (χ0) is 23.9. The summed E-state index contributed by atoms with van der Waals surface area (Å²) in [6, 6.07) is 12.9. The number of fused-ring (bicyclic) bond motifs is 2. The normalized spacial score (nSPS) is 16.4. The number of ether oxygens (including phenoxy) is 1. The average molecular weight is 481 g/mol. The molecule has 0 unspecified atom stereocenters. The number of carbonyl (C=O) groups excluding carboxylic acids is 1. The van der Waals surface area contributed by atoms with E-state index in [2.05, 4.69) is 14.6 Å². The van der Waals surface area contributed by atoms with E-state index in [9.17, 15) is 18.3 Å². The predicted molar refractivity (Wildman–Crippen MR) is 126 cm³/mol. The van der Waals surface area contributed by atoms with Crippen molar-refractivity contribution in [3.63, 3.8) is 0 Å². The zero-order valence-electron chi connectivity index (χ0n) is 18.3. The highest BCUT2D eigenvalue weighted by atomic mass is 32.2. The Morgan fingerprint density at radius 2 is 1.71 bits per heavy atom. The van der Waals surface area contributed by atoms with Crippen LogP contribution >= 0.6 is 0 Å². The first-order chi connectivity index (χ1) is 16.4. The lowest BCUT2D eigenvalue weighted by molar-refractivity contribution is 0.0390. The Balaban J connectivity index is 1.38. The SMILES string of the molecule is N=C1c2ccccc2C(=O)c2c(-c3ccc(S(=O)(=O)NCCN4CCOCC4)cc3)[nH]c(O)c21. The Labute approximate surface area is 196 Å². The van der Waals surface area contributed by atoms with Crippen molar-refractivity contribution in [1.29, 1.82) is 5.41 Å². The maximum Gasteiger partial charge on any atom is 0.240 e. The van der Waals surface area contributed by atoms with Crippen molar-refractivity contribution in [1.82, 2.24) is 14.6 Å². The third-order valence-corrected chi connectivity index (χ3v) is 7.65. The van der Waals surface area contributed by atoms with Crippen LogP contribution in [0.2, 0.25) is 0 Å². The fourth-order valence-electron chi connectivity index (χ4n) is 4.39. The van der Waals surface area contributed by atoms with Gasteiger partial charge in [-0.15, -0.1) is 0 Å².